The fourth-order valence-corrected chi connectivity index (χ4v) is 2.79. The first-order chi connectivity index (χ1) is 13.3. The van der Waals surface area contributed by atoms with Gasteiger partial charge in [-0.15, -0.1) is 15.3 Å². The van der Waals surface area contributed by atoms with Crippen molar-refractivity contribution in [2.45, 2.75) is 32.0 Å². The summed E-state index contributed by atoms with van der Waals surface area (Å²) in [5.74, 6) is -0.752. The van der Waals surface area contributed by atoms with Crippen LogP contribution in [-0.4, -0.2) is 25.7 Å². The van der Waals surface area contributed by atoms with Crippen LogP contribution in [0.1, 0.15) is 37.2 Å². The summed E-state index contributed by atoms with van der Waals surface area (Å²) in [6.07, 6.45) is -2.77. The number of nitrogens with zero attached hydrogens (tertiary/aromatic N) is 4. The molecule has 146 valence electrons. The molecule has 1 aliphatic carbocycles. The van der Waals surface area contributed by atoms with Gasteiger partial charge < -0.3 is 10.6 Å². The molecule has 2 N–H and O–H groups in total. The molecule has 0 spiro atoms. The van der Waals surface area contributed by atoms with E-state index >= 15 is 0 Å². The SMILES string of the molecule is CC(Nc1ccc2nnc(C(F)(F)F)n2n1)c1ccc(NC(=O)C2CC2)cc1. The van der Waals surface area contributed by atoms with Crippen LogP contribution >= 0.6 is 0 Å². The zero-order valence-electron chi connectivity index (χ0n) is 14.9. The molecule has 1 aliphatic rings. The Balaban J connectivity index is 1.48. The van der Waals surface area contributed by atoms with Crippen molar-refractivity contribution in [2.75, 3.05) is 10.6 Å². The van der Waals surface area contributed by atoms with E-state index in [0.29, 0.717) is 10.2 Å². The molecule has 2 heterocycles. The minimum absolute atomic E-state index is 0.0151. The van der Waals surface area contributed by atoms with E-state index in [4.69, 9.17) is 0 Å². The number of alkyl halides is 3. The number of halogens is 3. The highest BCUT2D eigenvalue weighted by molar-refractivity contribution is 5.94. The average Bonchev–Trinajstić information content (AvgIpc) is 3.41. The number of fused-ring (bicyclic) bond motifs is 1. The maximum absolute atomic E-state index is 13.0. The second kappa shape index (κ2) is 6.77. The lowest BCUT2D eigenvalue weighted by Crippen LogP contribution is -2.15. The molecule has 1 aromatic carbocycles. The van der Waals surface area contributed by atoms with Crippen LogP contribution in [0.25, 0.3) is 5.65 Å². The van der Waals surface area contributed by atoms with Crippen molar-refractivity contribution < 1.29 is 18.0 Å². The molecule has 0 aliphatic heterocycles. The second-order valence-electron chi connectivity index (χ2n) is 6.76. The molecule has 10 heteroatoms. The first kappa shape index (κ1) is 18.2. The zero-order chi connectivity index (χ0) is 19.9. The van der Waals surface area contributed by atoms with Crippen molar-refractivity contribution >= 4 is 23.1 Å². The molecule has 2 aromatic heterocycles. The highest BCUT2D eigenvalue weighted by atomic mass is 19.4. The molecule has 0 saturated heterocycles. The molecule has 1 unspecified atom stereocenters. The van der Waals surface area contributed by atoms with Gasteiger partial charge in [0.2, 0.25) is 5.91 Å². The van der Waals surface area contributed by atoms with Gasteiger partial charge in [0.05, 0.1) is 0 Å². The largest absolute Gasteiger partial charge is 0.453 e. The van der Waals surface area contributed by atoms with Gasteiger partial charge in [-0.3, -0.25) is 4.79 Å². The Kier molecular flexibility index (Phi) is 4.40. The molecule has 1 atom stereocenters. The molecule has 1 saturated carbocycles. The first-order valence-electron chi connectivity index (χ1n) is 8.78. The van der Waals surface area contributed by atoms with Gasteiger partial charge in [-0.2, -0.15) is 17.7 Å². The minimum atomic E-state index is -4.64. The summed E-state index contributed by atoms with van der Waals surface area (Å²) in [5.41, 5.74) is 1.62. The Morgan fingerprint density at radius 2 is 1.86 bits per heavy atom. The van der Waals surface area contributed by atoms with Crippen LogP contribution < -0.4 is 10.6 Å². The number of hydrogen-bond donors (Lipinski definition) is 2. The van der Waals surface area contributed by atoms with Crippen LogP contribution in [0.3, 0.4) is 0 Å². The third-order valence-corrected chi connectivity index (χ3v) is 4.51. The van der Waals surface area contributed by atoms with Gasteiger partial charge in [0.25, 0.3) is 5.82 Å². The summed E-state index contributed by atoms with van der Waals surface area (Å²) in [7, 11) is 0. The quantitative estimate of drug-likeness (QED) is 0.695. The lowest BCUT2D eigenvalue weighted by molar-refractivity contribution is -0.146. The van der Waals surface area contributed by atoms with Crippen molar-refractivity contribution in [1.29, 1.82) is 0 Å². The van der Waals surface area contributed by atoms with E-state index in [1.54, 1.807) is 18.2 Å². The molecule has 3 aromatic rings. The number of rotatable bonds is 5. The molecule has 0 bridgehead atoms. The highest BCUT2D eigenvalue weighted by Gasteiger charge is 2.37. The summed E-state index contributed by atoms with van der Waals surface area (Å²) >= 11 is 0. The van der Waals surface area contributed by atoms with Crippen molar-refractivity contribution in [3.05, 3.63) is 47.8 Å². The predicted octanol–water partition coefficient (Wildman–Crippen LogP) is 3.66. The first-order valence-corrected chi connectivity index (χ1v) is 8.78. The fraction of sp³-hybridized carbons (Fsp3) is 0.333. The zero-order valence-corrected chi connectivity index (χ0v) is 14.9. The van der Waals surface area contributed by atoms with Crippen LogP contribution in [0, 0.1) is 5.92 Å². The van der Waals surface area contributed by atoms with Crippen molar-refractivity contribution in [3.8, 4) is 0 Å². The van der Waals surface area contributed by atoms with Crippen LogP contribution in [0.15, 0.2) is 36.4 Å². The number of benzene rings is 1. The standard InChI is InChI=1S/C18H17F3N6O/c1-10(11-4-6-13(7-5-11)23-16(28)12-2-3-12)22-14-8-9-15-24-25-17(18(19,20)21)27(15)26-14/h4-10,12H,2-3H2,1H3,(H,22,26)(H,23,28). The average molecular weight is 390 g/mol. The normalized spacial score (nSPS) is 15.4. The Morgan fingerprint density at radius 1 is 1.14 bits per heavy atom. The Morgan fingerprint density at radius 3 is 2.50 bits per heavy atom. The summed E-state index contributed by atoms with van der Waals surface area (Å²) < 4.78 is 39.6. The van der Waals surface area contributed by atoms with Gasteiger partial charge in [-0.05, 0) is 49.6 Å². The smallest absolute Gasteiger partial charge is 0.362 e. The van der Waals surface area contributed by atoms with E-state index in [-0.39, 0.29) is 29.3 Å². The highest BCUT2D eigenvalue weighted by Crippen LogP contribution is 2.30. The van der Waals surface area contributed by atoms with Crippen LogP contribution in [0.4, 0.5) is 24.7 Å². The monoisotopic (exact) mass is 390 g/mol. The van der Waals surface area contributed by atoms with E-state index in [9.17, 15) is 18.0 Å². The van der Waals surface area contributed by atoms with Gasteiger partial charge in [0.15, 0.2) is 5.65 Å². The third kappa shape index (κ3) is 3.75. The fourth-order valence-electron chi connectivity index (χ4n) is 2.79. The maximum atomic E-state index is 13.0. The minimum Gasteiger partial charge on any atom is -0.362 e. The topological polar surface area (TPSA) is 84.2 Å². The number of anilines is 2. The van der Waals surface area contributed by atoms with Crippen molar-refractivity contribution in [1.82, 2.24) is 19.8 Å². The summed E-state index contributed by atoms with van der Waals surface area (Å²) in [6, 6.07) is 10.0. The molecule has 0 radical (unpaired) electrons. The summed E-state index contributed by atoms with van der Waals surface area (Å²) in [5, 5.41) is 16.5. The van der Waals surface area contributed by atoms with Gasteiger partial charge in [-0.25, -0.2) is 0 Å². The number of carbonyl (C=O) groups excluding carboxylic acids is 1. The van der Waals surface area contributed by atoms with Crippen molar-refractivity contribution in [3.63, 3.8) is 0 Å². The van der Waals surface area contributed by atoms with E-state index in [0.717, 1.165) is 18.4 Å². The summed E-state index contributed by atoms with van der Waals surface area (Å²) in [6.45, 7) is 1.86. The molecule has 1 amide bonds. The Bertz CT molecular complexity index is 1010. The van der Waals surface area contributed by atoms with Gasteiger partial charge in [0.1, 0.15) is 5.82 Å². The molecule has 4 rings (SSSR count). The van der Waals surface area contributed by atoms with Gasteiger partial charge >= 0.3 is 6.18 Å². The Labute approximate surface area is 158 Å². The van der Waals surface area contributed by atoms with E-state index < -0.39 is 12.0 Å². The number of aromatic nitrogens is 4. The molecular weight excluding hydrogens is 373 g/mol. The summed E-state index contributed by atoms with van der Waals surface area (Å²) in [4.78, 5) is 11.8. The number of carbonyl (C=O) groups is 1. The molecule has 28 heavy (non-hydrogen) atoms. The van der Waals surface area contributed by atoms with E-state index in [1.165, 1.54) is 6.07 Å². The third-order valence-electron chi connectivity index (χ3n) is 4.51. The van der Waals surface area contributed by atoms with E-state index in [2.05, 4.69) is 25.9 Å². The molecular formula is C18H17F3N6O. The molecule has 1 fully saturated rings. The predicted molar refractivity (Wildman–Crippen MR) is 95.6 cm³/mol. The lowest BCUT2D eigenvalue weighted by Gasteiger charge is -2.16. The lowest BCUT2D eigenvalue weighted by atomic mass is 10.1. The van der Waals surface area contributed by atoms with Crippen molar-refractivity contribution in [2.24, 2.45) is 5.92 Å². The van der Waals surface area contributed by atoms with E-state index in [1.807, 2.05) is 19.1 Å². The van der Waals surface area contributed by atoms with Gasteiger partial charge in [0, 0.05) is 17.6 Å². The van der Waals surface area contributed by atoms with Crippen LogP contribution in [0.5, 0.6) is 0 Å². The maximum Gasteiger partial charge on any atom is 0.453 e. The number of amides is 1. The number of nitrogens with one attached hydrogen (secondary N) is 2. The number of hydrogen-bond acceptors (Lipinski definition) is 5. The Hall–Kier alpha value is -3.17. The van der Waals surface area contributed by atoms with Gasteiger partial charge in [-0.1, -0.05) is 12.1 Å². The second-order valence-corrected chi connectivity index (χ2v) is 6.76. The van der Waals surface area contributed by atoms with Crippen LogP contribution in [-0.2, 0) is 11.0 Å². The van der Waals surface area contributed by atoms with Crippen LogP contribution in [0.2, 0.25) is 0 Å². The molecule has 7 nitrogen and oxygen atoms in total.